The Hall–Kier alpha value is -1.30. The number of nitrogens with one attached hydrogen (secondary N) is 4. The minimum atomic E-state index is -0.00689. The van der Waals surface area contributed by atoms with Crippen LogP contribution in [0, 0.1) is 5.92 Å². The van der Waals surface area contributed by atoms with Crippen molar-refractivity contribution in [1.29, 1.82) is 0 Å². The Labute approximate surface area is 256 Å². The maximum atomic E-state index is 12.5. The van der Waals surface area contributed by atoms with Crippen LogP contribution in [0.15, 0.2) is 0 Å². The molecule has 0 saturated carbocycles. The van der Waals surface area contributed by atoms with Crippen LogP contribution in [0.2, 0.25) is 0 Å². The summed E-state index contributed by atoms with van der Waals surface area (Å²) in [6.45, 7) is 11.9. The minimum Gasteiger partial charge on any atom is -0.352 e. The van der Waals surface area contributed by atoms with Gasteiger partial charge in [0, 0.05) is 19.1 Å². The number of amides is 3. The largest absolute Gasteiger partial charge is 0.352 e. The third kappa shape index (κ3) is 28.6. The normalized spacial score (nSPS) is 12.0. The van der Waals surface area contributed by atoms with Crippen molar-refractivity contribution in [1.82, 2.24) is 21.3 Å². The van der Waals surface area contributed by atoms with E-state index in [0.29, 0.717) is 18.5 Å². The Kier molecular flexibility index (Phi) is 30.6. The first-order valence-electron chi connectivity index (χ1n) is 18.1. The first-order valence-corrected chi connectivity index (χ1v) is 18.1. The van der Waals surface area contributed by atoms with Crippen LogP contribution in [0.25, 0.3) is 0 Å². The Bertz CT molecular complexity index is 562. The lowest BCUT2D eigenvalue weighted by molar-refractivity contribution is -0.121. The maximum Gasteiger partial charge on any atom is 0.314 e. The highest BCUT2D eigenvalue weighted by atomic mass is 16.2. The van der Waals surface area contributed by atoms with Gasteiger partial charge in [-0.25, -0.2) is 4.79 Å². The van der Waals surface area contributed by atoms with E-state index in [1.807, 2.05) is 0 Å². The number of hydrogen-bond donors (Lipinski definition) is 4. The molecule has 6 heteroatoms. The number of hydrogen-bond acceptors (Lipinski definition) is 3. The molecule has 41 heavy (non-hydrogen) atoms. The average Bonchev–Trinajstić information content (AvgIpc) is 2.96. The molecule has 0 spiro atoms. The molecule has 0 aromatic carbocycles. The summed E-state index contributed by atoms with van der Waals surface area (Å²) in [7, 11) is 0. The zero-order chi connectivity index (χ0) is 30.2. The zero-order valence-electron chi connectivity index (χ0n) is 28.1. The molecule has 0 aliphatic heterocycles. The van der Waals surface area contributed by atoms with Crippen molar-refractivity contribution >= 4 is 11.9 Å². The van der Waals surface area contributed by atoms with Crippen molar-refractivity contribution in [2.24, 2.45) is 5.92 Å². The summed E-state index contributed by atoms with van der Waals surface area (Å²) >= 11 is 0. The van der Waals surface area contributed by atoms with Crippen LogP contribution in [0.4, 0.5) is 4.79 Å². The lowest BCUT2D eigenvalue weighted by atomic mass is 9.95. The molecule has 0 aliphatic rings. The highest BCUT2D eigenvalue weighted by Gasteiger charge is 2.12. The van der Waals surface area contributed by atoms with Gasteiger partial charge in [0.1, 0.15) is 0 Å². The van der Waals surface area contributed by atoms with E-state index >= 15 is 0 Å². The quantitative estimate of drug-likeness (QED) is 0.0617. The molecule has 6 nitrogen and oxygen atoms in total. The van der Waals surface area contributed by atoms with Crippen LogP contribution in [-0.4, -0.2) is 44.2 Å². The molecule has 3 amide bonds. The predicted octanol–water partition coefficient (Wildman–Crippen LogP) is 9.03. The lowest BCUT2D eigenvalue weighted by Crippen LogP contribution is -2.40. The van der Waals surface area contributed by atoms with E-state index in [1.165, 1.54) is 109 Å². The third-order valence-electron chi connectivity index (χ3n) is 8.26. The zero-order valence-corrected chi connectivity index (χ0v) is 28.1. The summed E-state index contributed by atoms with van der Waals surface area (Å²) in [4.78, 5) is 24.7. The fraction of sp³-hybridized carbons (Fsp3) is 0.943. The van der Waals surface area contributed by atoms with E-state index < -0.39 is 0 Å². The minimum absolute atomic E-state index is 0.00689. The Morgan fingerprint density at radius 2 is 0.976 bits per heavy atom. The van der Waals surface area contributed by atoms with E-state index in [2.05, 4.69) is 49.0 Å². The van der Waals surface area contributed by atoms with Gasteiger partial charge in [-0.05, 0) is 51.0 Å². The molecular weight excluding hydrogens is 508 g/mol. The van der Waals surface area contributed by atoms with Gasteiger partial charge in [0.25, 0.3) is 0 Å². The van der Waals surface area contributed by atoms with Crippen LogP contribution in [0.3, 0.4) is 0 Å². The molecule has 0 radical (unpaired) electrons. The third-order valence-corrected chi connectivity index (χ3v) is 8.26. The number of carbonyl (C=O) groups excluding carboxylic acids is 2. The molecule has 0 aliphatic carbocycles. The fourth-order valence-electron chi connectivity index (χ4n) is 5.53. The smallest absolute Gasteiger partial charge is 0.314 e. The van der Waals surface area contributed by atoms with Crippen molar-refractivity contribution in [2.75, 3.05) is 26.2 Å². The highest BCUT2D eigenvalue weighted by Crippen LogP contribution is 2.17. The Morgan fingerprint density at radius 1 is 0.512 bits per heavy atom. The average molecular weight is 581 g/mol. The topological polar surface area (TPSA) is 82.3 Å². The summed E-state index contributed by atoms with van der Waals surface area (Å²) < 4.78 is 0. The van der Waals surface area contributed by atoms with Gasteiger partial charge in [-0.15, -0.1) is 0 Å². The Morgan fingerprint density at radius 3 is 1.59 bits per heavy atom. The summed E-state index contributed by atoms with van der Waals surface area (Å²) in [5.74, 6) is 0.767. The molecule has 1 atom stereocenters. The van der Waals surface area contributed by atoms with Gasteiger partial charge in [0.05, 0.1) is 6.54 Å². The predicted molar refractivity (Wildman–Crippen MR) is 179 cm³/mol. The first kappa shape index (κ1) is 39.7. The molecule has 0 aromatic rings. The van der Waals surface area contributed by atoms with Gasteiger partial charge in [-0.2, -0.15) is 0 Å². The van der Waals surface area contributed by atoms with E-state index in [0.717, 1.165) is 58.2 Å². The van der Waals surface area contributed by atoms with Crippen LogP contribution >= 0.6 is 0 Å². The van der Waals surface area contributed by atoms with Crippen molar-refractivity contribution in [2.45, 2.75) is 181 Å². The second kappa shape index (κ2) is 31.6. The summed E-state index contributed by atoms with van der Waals surface area (Å²) in [6.07, 6.45) is 28.0. The standard InChI is InChI=1S/C35H72N4O2/c1-5-9-13-15-21-27-33(26-20-12-8-4)39-34(40)31-36-28-22-16-14-17-23-29-37-35(41)38-30-32(24-18-10-6-2)25-19-11-7-3/h32-33,36H,5-31H2,1-4H3,(H,39,40)(H2,37,38,41). The van der Waals surface area contributed by atoms with Crippen LogP contribution < -0.4 is 21.3 Å². The number of urea groups is 1. The van der Waals surface area contributed by atoms with E-state index in [4.69, 9.17) is 0 Å². The van der Waals surface area contributed by atoms with Crippen LogP contribution in [-0.2, 0) is 4.79 Å². The molecule has 0 bridgehead atoms. The molecule has 0 fully saturated rings. The van der Waals surface area contributed by atoms with Gasteiger partial charge in [0.15, 0.2) is 0 Å². The summed E-state index contributed by atoms with van der Waals surface area (Å²) in [6, 6.07) is 0.332. The maximum absolute atomic E-state index is 12.5. The van der Waals surface area contributed by atoms with Crippen molar-refractivity contribution < 1.29 is 9.59 Å². The SMILES string of the molecule is CCCCCCCC(CCCCC)NC(=O)CNCCCCCCCNC(=O)NCC(CCCCC)CCCCC. The van der Waals surface area contributed by atoms with Gasteiger partial charge < -0.3 is 21.3 Å². The molecule has 0 heterocycles. The number of unbranched alkanes of at least 4 members (excludes halogenated alkanes) is 14. The second-order valence-corrected chi connectivity index (χ2v) is 12.4. The van der Waals surface area contributed by atoms with Crippen molar-refractivity contribution in [3.63, 3.8) is 0 Å². The molecule has 0 rings (SSSR count). The first-order chi connectivity index (χ1) is 20.1. The molecule has 244 valence electrons. The summed E-state index contributed by atoms with van der Waals surface area (Å²) in [5, 5.41) is 12.8. The lowest BCUT2D eigenvalue weighted by Gasteiger charge is -2.19. The van der Waals surface area contributed by atoms with Gasteiger partial charge in [-0.3, -0.25) is 4.79 Å². The van der Waals surface area contributed by atoms with Crippen LogP contribution in [0.1, 0.15) is 175 Å². The second-order valence-electron chi connectivity index (χ2n) is 12.4. The van der Waals surface area contributed by atoms with Gasteiger partial charge in [-0.1, -0.05) is 137 Å². The number of rotatable bonds is 31. The number of carbonyl (C=O) groups is 2. The van der Waals surface area contributed by atoms with Gasteiger partial charge in [0.2, 0.25) is 5.91 Å². The Balaban J connectivity index is 3.84. The summed E-state index contributed by atoms with van der Waals surface area (Å²) in [5.41, 5.74) is 0. The van der Waals surface area contributed by atoms with Crippen LogP contribution in [0.5, 0.6) is 0 Å². The van der Waals surface area contributed by atoms with Crippen molar-refractivity contribution in [3.05, 3.63) is 0 Å². The highest BCUT2D eigenvalue weighted by molar-refractivity contribution is 5.78. The van der Waals surface area contributed by atoms with Crippen molar-refractivity contribution in [3.8, 4) is 0 Å². The van der Waals surface area contributed by atoms with E-state index in [1.54, 1.807) is 0 Å². The monoisotopic (exact) mass is 581 g/mol. The van der Waals surface area contributed by atoms with E-state index in [-0.39, 0.29) is 11.9 Å². The molecule has 0 saturated heterocycles. The fourth-order valence-corrected chi connectivity index (χ4v) is 5.53. The molecule has 4 N–H and O–H groups in total. The molecule has 0 aromatic heterocycles. The van der Waals surface area contributed by atoms with E-state index in [9.17, 15) is 9.59 Å². The van der Waals surface area contributed by atoms with Gasteiger partial charge >= 0.3 is 6.03 Å². The molecule has 1 unspecified atom stereocenters. The molecular formula is C35H72N4O2.